The van der Waals surface area contributed by atoms with Gasteiger partial charge in [0.15, 0.2) is 0 Å². The van der Waals surface area contributed by atoms with Gasteiger partial charge in [-0.3, -0.25) is 0 Å². The minimum atomic E-state index is -0.333. The van der Waals surface area contributed by atoms with Crippen molar-refractivity contribution in [1.29, 1.82) is 0 Å². The summed E-state index contributed by atoms with van der Waals surface area (Å²) in [5, 5.41) is 6.13. The summed E-state index contributed by atoms with van der Waals surface area (Å²) < 4.78 is 0. The molecule has 0 saturated heterocycles. The van der Waals surface area contributed by atoms with Crippen LogP contribution >= 0.6 is 0 Å². The van der Waals surface area contributed by atoms with E-state index in [1.54, 1.807) is 0 Å². The molecule has 0 aromatic rings. The van der Waals surface area contributed by atoms with E-state index in [2.05, 4.69) is 16.8 Å². The van der Waals surface area contributed by atoms with Crippen LogP contribution in [0.5, 0.6) is 0 Å². The Morgan fingerprint density at radius 3 is 2.57 bits per heavy atom. The normalized spacial score (nSPS) is 23.7. The van der Waals surface area contributed by atoms with E-state index in [0.717, 1.165) is 0 Å². The van der Waals surface area contributed by atoms with Crippen molar-refractivity contribution in [2.45, 2.75) is 19.6 Å². The molecule has 7 heavy (non-hydrogen) atoms. The fraction of sp³-hybridized carbons (Fsp3) is 0.750. The zero-order valence-corrected chi connectivity index (χ0v) is 4.36. The average molecular weight is 99.1 g/mol. The Balaban J connectivity index is 2.49. The molecule has 3 heteroatoms. The molecule has 1 rings (SSSR count). The molecule has 3 nitrogen and oxygen atoms in total. The van der Waals surface area contributed by atoms with Crippen molar-refractivity contribution in [2.75, 3.05) is 0 Å². The van der Waals surface area contributed by atoms with Crippen LogP contribution < -0.4 is 5.32 Å². The molecule has 1 aliphatic rings. The first-order valence-electron chi connectivity index (χ1n) is 2.11. The molecule has 0 bridgehead atoms. The van der Waals surface area contributed by atoms with Gasteiger partial charge in [-0.1, -0.05) is 5.16 Å². The van der Waals surface area contributed by atoms with Crippen LogP contribution in [-0.4, -0.2) is 12.1 Å². The molecule has 0 aromatic carbocycles. The molecule has 0 unspecified atom stereocenters. The topological polar surface area (TPSA) is 33.6 Å². The van der Waals surface area contributed by atoms with Crippen molar-refractivity contribution in [3.8, 4) is 0 Å². The minimum Gasteiger partial charge on any atom is -0.366 e. The lowest BCUT2D eigenvalue weighted by Crippen LogP contribution is -2.34. The first-order chi connectivity index (χ1) is 3.21. The third-order valence-corrected chi connectivity index (χ3v) is 0.676. The van der Waals surface area contributed by atoms with E-state index in [-0.39, 0.29) is 5.72 Å². The number of hydrogen-bond acceptors (Lipinski definition) is 3. The smallest absolute Gasteiger partial charge is 0.215 e. The molecule has 1 aliphatic heterocycles. The first-order valence-corrected chi connectivity index (χ1v) is 2.11. The summed E-state index contributed by atoms with van der Waals surface area (Å²) in [5.41, 5.74) is -0.333. The molecule has 0 amide bonds. The van der Waals surface area contributed by atoms with E-state index in [1.165, 1.54) is 0 Å². The fourth-order valence-electron chi connectivity index (χ4n) is 0.317. The Kier molecular flexibility index (Phi) is 0.708. The number of nitrogens with one attached hydrogen (secondary N) is 1. The van der Waals surface area contributed by atoms with Crippen molar-refractivity contribution in [3.63, 3.8) is 0 Å². The third-order valence-electron chi connectivity index (χ3n) is 0.676. The third kappa shape index (κ3) is 0.824. The van der Waals surface area contributed by atoms with Gasteiger partial charge >= 0.3 is 0 Å². The molecule has 1 N–H and O–H groups in total. The standard InChI is InChI=1S/C4H7N2O/c1-4(2)5-3-6-7-4/h1-2H3,(H,5,6). The van der Waals surface area contributed by atoms with Crippen LogP contribution in [0, 0.1) is 0 Å². The Hall–Kier alpha value is -0.730. The largest absolute Gasteiger partial charge is 0.366 e. The quantitative estimate of drug-likeness (QED) is 0.469. The highest BCUT2D eigenvalue weighted by Gasteiger charge is 2.20. The van der Waals surface area contributed by atoms with Gasteiger partial charge in [0.05, 0.1) is 0 Å². The zero-order chi connectivity index (χ0) is 5.33. The molecule has 39 valence electrons. The fourth-order valence-corrected chi connectivity index (χ4v) is 0.317. The maximum Gasteiger partial charge on any atom is 0.215 e. The van der Waals surface area contributed by atoms with E-state index in [0.29, 0.717) is 0 Å². The van der Waals surface area contributed by atoms with Crippen LogP contribution in [0.1, 0.15) is 13.8 Å². The van der Waals surface area contributed by atoms with E-state index < -0.39 is 0 Å². The first kappa shape index (κ1) is 4.43. The summed E-state index contributed by atoms with van der Waals surface area (Å²) in [6.45, 7) is 3.74. The minimum absolute atomic E-state index is 0.333. The van der Waals surface area contributed by atoms with Gasteiger partial charge in [0, 0.05) is 0 Å². The van der Waals surface area contributed by atoms with Gasteiger partial charge in [-0.2, -0.15) is 0 Å². The summed E-state index contributed by atoms with van der Waals surface area (Å²) in [6.07, 6.45) is 2.47. The molecular formula is C4H7N2O. The Bertz CT molecular complexity index is 87.9. The van der Waals surface area contributed by atoms with Gasteiger partial charge in [0.25, 0.3) is 0 Å². The highest BCUT2D eigenvalue weighted by atomic mass is 16.7. The summed E-state index contributed by atoms with van der Waals surface area (Å²) in [6, 6.07) is 0. The average Bonchev–Trinajstić information content (AvgIpc) is 1.84. The van der Waals surface area contributed by atoms with Crippen molar-refractivity contribution in [1.82, 2.24) is 5.32 Å². The summed E-state index contributed by atoms with van der Waals surface area (Å²) in [4.78, 5) is 4.74. The lowest BCUT2D eigenvalue weighted by atomic mass is 10.3. The molecule has 1 radical (unpaired) electrons. The van der Waals surface area contributed by atoms with Crippen molar-refractivity contribution in [2.24, 2.45) is 5.16 Å². The maximum absolute atomic E-state index is 4.74. The molecule has 0 atom stereocenters. The SMILES string of the molecule is CC1(C)N[C]=NO1. The predicted molar refractivity (Wildman–Crippen MR) is 25.7 cm³/mol. The van der Waals surface area contributed by atoms with E-state index >= 15 is 0 Å². The van der Waals surface area contributed by atoms with Gasteiger partial charge in [-0.25, -0.2) is 0 Å². The van der Waals surface area contributed by atoms with Crippen molar-refractivity contribution >= 4 is 6.34 Å². The molecule has 0 fully saturated rings. The lowest BCUT2D eigenvalue weighted by molar-refractivity contribution is -0.00233. The van der Waals surface area contributed by atoms with Crippen LogP contribution in [0.4, 0.5) is 0 Å². The molecule has 1 heterocycles. The zero-order valence-electron chi connectivity index (χ0n) is 4.36. The van der Waals surface area contributed by atoms with Gasteiger partial charge in [-0.15, -0.1) is 0 Å². The van der Waals surface area contributed by atoms with Crippen LogP contribution in [0.2, 0.25) is 0 Å². The van der Waals surface area contributed by atoms with Crippen LogP contribution in [0.25, 0.3) is 0 Å². The number of rotatable bonds is 0. The summed E-state index contributed by atoms with van der Waals surface area (Å²) >= 11 is 0. The second-order valence-corrected chi connectivity index (χ2v) is 1.93. The number of hydrogen-bond donors (Lipinski definition) is 1. The predicted octanol–water partition coefficient (Wildman–Crippen LogP) is 0.163. The molecule has 0 aliphatic carbocycles. The Morgan fingerprint density at radius 2 is 2.43 bits per heavy atom. The van der Waals surface area contributed by atoms with E-state index in [4.69, 9.17) is 4.84 Å². The second-order valence-electron chi connectivity index (χ2n) is 1.93. The Morgan fingerprint density at radius 1 is 1.71 bits per heavy atom. The van der Waals surface area contributed by atoms with E-state index in [9.17, 15) is 0 Å². The lowest BCUT2D eigenvalue weighted by Gasteiger charge is -2.13. The van der Waals surface area contributed by atoms with Gasteiger partial charge in [0.2, 0.25) is 12.1 Å². The number of nitrogens with zero attached hydrogens (tertiary/aromatic N) is 1. The van der Waals surface area contributed by atoms with E-state index in [1.807, 2.05) is 13.8 Å². The monoisotopic (exact) mass is 99.1 g/mol. The molecule has 0 aromatic heterocycles. The summed E-state index contributed by atoms with van der Waals surface area (Å²) in [7, 11) is 0. The van der Waals surface area contributed by atoms with Crippen LogP contribution in [-0.2, 0) is 4.84 Å². The highest BCUT2D eigenvalue weighted by Crippen LogP contribution is 2.06. The molecule has 0 saturated carbocycles. The maximum atomic E-state index is 4.74. The van der Waals surface area contributed by atoms with Gasteiger partial charge in [0.1, 0.15) is 0 Å². The molecular weight excluding hydrogens is 92.1 g/mol. The summed E-state index contributed by atoms with van der Waals surface area (Å²) in [5.74, 6) is 0. The van der Waals surface area contributed by atoms with Crippen LogP contribution in [0.15, 0.2) is 5.16 Å². The van der Waals surface area contributed by atoms with Gasteiger partial charge < -0.3 is 10.2 Å². The second kappa shape index (κ2) is 1.12. The van der Waals surface area contributed by atoms with Crippen LogP contribution in [0.3, 0.4) is 0 Å². The Labute approximate surface area is 42.3 Å². The van der Waals surface area contributed by atoms with Gasteiger partial charge in [-0.05, 0) is 13.8 Å². The highest BCUT2D eigenvalue weighted by molar-refractivity contribution is 5.55. The van der Waals surface area contributed by atoms with Crippen molar-refractivity contribution in [3.05, 3.63) is 0 Å². The van der Waals surface area contributed by atoms with Crippen molar-refractivity contribution < 1.29 is 4.84 Å². The molecule has 0 spiro atoms.